The first-order valence-electron chi connectivity index (χ1n) is 8.65. The zero-order chi connectivity index (χ0) is 17.8. The predicted molar refractivity (Wildman–Crippen MR) is 92.1 cm³/mol. The van der Waals surface area contributed by atoms with Gasteiger partial charge in [-0.1, -0.05) is 17.3 Å². The van der Waals surface area contributed by atoms with Crippen LogP contribution in [-0.4, -0.2) is 41.0 Å². The van der Waals surface area contributed by atoms with E-state index in [9.17, 15) is 9.18 Å². The summed E-state index contributed by atoms with van der Waals surface area (Å²) in [6.07, 6.45) is 1.86. The second kappa shape index (κ2) is 7.78. The van der Waals surface area contributed by atoms with Crippen molar-refractivity contribution in [1.82, 2.24) is 15.0 Å². The van der Waals surface area contributed by atoms with Crippen LogP contribution in [-0.2, 0) is 17.9 Å². The van der Waals surface area contributed by atoms with Gasteiger partial charge in [-0.2, -0.15) is 0 Å². The van der Waals surface area contributed by atoms with Crippen LogP contribution < -0.4 is 0 Å². The van der Waals surface area contributed by atoms with Crippen molar-refractivity contribution >= 4 is 5.91 Å². The molecular formula is C19H24FN3O2. The van der Waals surface area contributed by atoms with Crippen LogP contribution in [0.25, 0.3) is 0 Å². The minimum atomic E-state index is -0.218. The highest BCUT2D eigenvalue weighted by Crippen LogP contribution is 2.21. The third-order valence-corrected chi connectivity index (χ3v) is 4.60. The van der Waals surface area contributed by atoms with Crippen LogP contribution in [0.1, 0.15) is 29.9 Å². The van der Waals surface area contributed by atoms with E-state index in [2.05, 4.69) is 10.1 Å². The summed E-state index contributed by atoms with van der Waals surface area (Å²) in [5.74, 6) is 0.629. The number of aromatic nitrogens is 1. The van der Waals surface area contributed by atoms with Crippen molar-refractivity contribution < 1.29 is 13.7 Å². The molecule has 0 saturated carbocycles. The number of amides is 1. The number of hydrogen-bond acceptors (Lipinski definition) is 4. The van der Waals surface area contributed by atoms with Crippen LogP contribution in [0.5, 0.6) is 0 Å². The molecule has 1 aromatic heterocycles. The number of carbonyl (C=O) groups excluding carboxylic acids is 1. The SMILES string of the molecule is Cc1cc(CN(C)C(=O)C2CCCN(Cc3cccc(F)c3)C2)no1. The second-order valence-corrected chi connectivity index (χ2v) is 6.83. The summed E-state index contributed by atoms with van der Waals surface area (Å²) in [5.41, 5.74) is 1.71. The van der Waals surface area contributed by atoms with Gasteiger partial charge in [0.15, 0.2) is 0 Å². The Labute approximate surface area is 147 Å². The van der Waals surface area contributed by atoms with Crippen molar-refractivity contribution in [3.63, 3.8) is 0 Å². The Morgan fingerprint density at radius 2 is 2.28 bits per heavy atom. The quantitative estimate of drug-likeness (QED) is 0.836. The molecule has 5 nitrogen and oxygen atoms in total. The number of carbonyl (C=O) groups is 1. The fourth-order valence-electron chi connectivity index (χ4n) is 3.42. The average Bonchev–Trinajstić information content (AvgIpc) is 2.99. The molecule has 0 N–H and O–H groups in total. The van der Waals surface area contributed by atoms with Gasteiger partial charge in [0.25, 0.3) is 0 Å². The molecule has 1 aliphatic rings. The van der Waals surface area contributed by atoms with Gasteiger partial charge < -0.3 is 9.42 Å². The maximum absolute atomic E-state index is 13.3. The van der Waals surface area contributed by atoms with Crippen molar-refractivity contribution in [3.05, 3.63) is 53.2 Å². The first kappa shape index (κ1) is 17.6. The van der Waals surface area contributed by atoms with Gasteiger partial charge >= 0.3 is 0 Å². The molecule has 134 valence electrons. The number of piperidine rings is 1. The monoisotopic (exact) mass is 345 g/mol. The fourth-order valence-corrected chi connectivity index (χ4v) is 3.42. The highest BCUT2D eigenvalue weighted by molar-refractivity contribution is 5.78. The molecule has 1 unspecified atom stereocenters. The molecule has 0 bridgehead atoms. The minimum absolute atomic E-state index is 0.0275. The third-order valence-electron chi connectivity index (χ3n) is 4.60. The molecule has 3 rings (SSSR count). The van der Waals surface area contributed by atoms with Crippen molar-refractivity contribution in [2.45, 2.75) is 32.9 Å². The summed E-state index contributed by atoms with van der Waals surface area (Å²) in [6.45, 7) is 4.61. The van der Waals surface area contributed by atoms with E-state index in [1.807, 2.05) is 19.1 Å². The lowest BCUT2D eigenvalue weighted by atomic mass is 9.96. The van der Waals surface area contributed by atoms with E-state index in [-0.39, 0.29) is 17.6 Å². The lowest BCUT2D eigenvalue weighted by Gasteiger charge is -2.33. The fraction of sp³-hybridized carbons (Fsp3) is 0.474. The van der Waals surface area contributed by atoms with Crippen molar-refractivity contribution in [2.75, 3.05) is 20.1 Å². The van der Waals surface area contributed by atoms with Crippen LogP contribution in [0.2, 0.25) is 0 Å². The number of halogens is 1. The molecule has 2 aromatic rings. The number of rotatable bonds is 5. The molecule has 1 aromatic carbocycles. The first-order chi connectivity index (χ1) is 12.0. The molecule has 1 fully saturated rings. The Bertz CT molecular complexity index is 731. The largest absolute Gasteiger partial charge is 0.361 e. The molecular weight excluding hydrogens is 321 g/mol. The van der Waals surface area contributed by atoms with E-state index in [0.717, 1.165) is 36.4 Å². The molecule has 1 amide bonds. The van der Waals surface area contributed by atoms with E-state index in [4.69, 9.17) is 4.52 Å². The molecule has 1 atom stereocenters. The maximum Gasteiger partial charge on any atom is 0.227 e. The molecule has 0 spiro atoms. The Morgan fingerprint density at radius 3 is 3.00 bits per heavy atom. The van der Waals surface area contributed by atoms with Gasteiger partial charge in [-0.15, -0.1) is 0 Å². The van der Waals surface area contributed by atoms with Crippen molar-refractivity contribution in [3.8, 4) is 0 Å². The van der Waals surface area contributed by atoms with Crippen LogP contribution in [0, 0.1) is 18.7 Å². The Hall–Kier alpha value is -2.21. The number of benzene rings is 1. The zero-order valence-electron chi connectivity index (χ0n) is 14.7. The molecule has 0 radical (unpaired) electrons. The van der Waals surface area contributed by atoms with E-state index in [1.54, 1.807) is 24.1 Å². The number of aryl methyl sites for hydroxylation is 1. The normalized spacial score (nSPS) is 18.3. The van der Waals surface area contributed by atoms with E-state index in [0.29, 0.717) is 19.6 Å². The standard InChI is InChI=1S/C19H24FN3O2/c1-14-9-18(21-25-14)13-22(2)19(24)16-6-4-8-23(12-16)11-15-5-3-7-17(20)10-15/h3,5,7,9-10,16H,4,6,8,11-13H2,1-2H3. The summed E-state index contributed by atoms with van der Waals surface area (Å²) in [4.78, 5) is 16.7. The van der Waals surface area contributed by atoms with E-state index in [1.165, 1.54) is 6.07 Å². The molecule has 6 heteroatoms. The van der Waals surface area contributed by atoms with Crippen LogP contribution in [0.4, 0.5) is 4.39 Å². The Kier molecular flexibility index (Phi) is 5.48. The van der Waals surface area contributed by atoms with Gasteiger partial charge in [-0.05, 0) is 44.0 Å². The van der Waals surface area contributed by atoms with Gasteiger partial charge in [-0.25, -0.2) is 4.39 Å². The lowest BCUT2D eigenvalue weighted by molar-refractivity contribution is -0.136. The topological polar surface area (TPSA) is 49.6 Å². The van der Waals surface area contributed by atoms with Crippen LogP contribution >= 0.6 is 0 Å². The summed E-state index contributed by atoms with van der Waals surface area (Å²) < 4.78 is 18.4. The number of likely N-dealkylation sites (tertiary alicyclic amines) is 1. The Balaban J connectivity index is 1.57. The van der Waals surface area contributed by atoms with Gasteiger partial charge in [0, 0.05) is 26.2 Å². The van der Waals surface area contributed by atoms with E-state index < -0.39 is 0 Å². The highest BCUT2D eigenvalue weighted by atomic mass is 19.1. The summed E-state index contributed by atoms with van der Waals surface area (Å²) in [6, 6.07) is 8.51. The molecule has 1 aliphatic heterocycles. The minimum Gasteiger partial charge on any atom is -0.361 e. The van der Waals surface area contributed by atoms with Crippen LogP contribution in [0.15, 0.2) is 34.9 Å². The predicted octanol–water partition coefficient (Wildman–Crippen LogP) is 2.99. The summed E-state index contributed by atoms with van der Waals surface area (Å²) in [7, 11) is 1.80. The summed E-state index contributed by atoms with van der Waals surface area (Å²) in [5, 5.41) is 3.95. The third kappa shape index (κ3) is 4.66. The lowest BCUT2D eigenvalue weighted by Crippen LogP contribution is -2.43. The Morgan fingerprint density at radius 1 is 1.44 bits per heavy atom. The van der Waals surface area contributed by atoms with Gasteiger partial charge in [-0.3, -0.25) is 9.69 Å². The maximum atomic E-state index is 13.3. The smallest absolute Gasteiger partial charge is 0.227 e. The molecule has 2 heterocycles. The highest BCUT2D eigenvalue weighted by Gasteiger charge is 2.28. The van der Waals surface area contributed by atoms with Crippen LogP contribution in [0.3, 0.4) is 0 Å². The van der Waals surface area contributed by atoms with Gasteiger partial charge in [0.05, 0.1) is 12.5 Å². The molecule has 0 aliphatic carbocycles. The molecule has 25 heavy (non-hydrogen) atoms. The second-order valence-electron chi connectivity index (χ2n) is 6.83. The van der Waals surface area contributed by atoms with Crippen molar-refractivity contribution in [1.29, 1.82) is 0 Å². The number of hydrogen-bond donors (Lipinski definition) is 0. The number of nitrogens with zero attached hydrogens (tertiary/aromatic N) is 3. The molecule has 1 saturated heterocycles. The average molecular weight is 345 g/mol. The van der Waals surface area contributed by atoms with Gasteiger partial charge in [0.2, 0.25) is 5.91 Å². The van der Waals surface area contributed by atoms with Gasteiger partial charge in [0.1, 0.15) is 17.3 Å². The zero-order valence-corrected chi connectivity index (χ0v) is 14.7. The first-order valence-corrected chi connectivity index (χ1v) is 8.65. The van der Waals surface area contributed by atoms with Crippen molar-refractivity contribution in [2.24, 2.45) is 5.92 Å². The van der Waals surface area contributed by atoms with E-state index >= 15 is 0 Å². The summed E-state index contributed by atoms with van der Waals surface area (Å²) >= 11 is 0.